The molecule has 2 N–H and O–H groups in total. The minimum absolute atomic E-state index is 0.0516. The van der Waals surface area contributed by atoms with Crippen LogP contribution in [0.4, 0.5) is 0 Å². The van der Waals surface area contributed by atoms with Crippen molar-refractivity contribution in [3.05, 3.63) is 42.0 Å². The molecule has 0 spiro atoms. The van der Waals surface area contributed by atoms with Gasteiger partial charge < -0.3 is 15.0 Å². The lowest BCUT2D eigenvalue weighted by atomic mass is 10.0. The number of ether oxygens (including phenoxy) is 1. The van der Waals surface area contributed by atoms with Gasteiger partial charge in [0.2, 0.25) is 0 Å². The van der Waals surface area contributed by atoms with Crippen LogP contribution < -0.4 is 15.0 Å². The van der Waals surface area contributed by atoms with Crippen molar-refractivity contribution in [2.24, 2.45) is 0 Å². The van der Waals surface area contributed by atoms with E-state index in [4.69, 9.17) is 4.74 Å². The number of methoxy groups -OCH3 is 1. The zero-order valence-corrected chi connectivity index (χ0v) is 15.3. The number of likely N-dealkylation sites (tertiary alicyclic amines) is 1. The van der Waals surface area contributed by atoms with E-state index in [1.165, 1.54) is 25.8 Å². The Hall–Kier alpha value is -2.07. The summed E-state index contributed by atoms with van der Waals surface area (Å²) in [5.74, 6) is 0.579. The molecule has 2 atom stereocenters. The molecule has 1 aliphatic heterocycles. The van der Waals surface area contributed by atoms with Crippen LogP contribution in [0.25, 0.3) is 10.8 Å². The molecule has 4 nitrogen and oxygen atoms in total. The van der Waals surface area contributed by atoms with Gasteiger partial charge in [-0.15, -0.1) is 0 Å². The predicted octanol–water partition coefficient (Wildman–Crippen LogP) is 2.43. The summed E-state index contributed by atoms with van der Waals surface area (Å²) in [5, 5.41) is 5.20. The molecule has 134 valence electrons. The van der Waals surface area contributed by atoms with E-state index in [2.05, 4.69) is 12.2 Å². The average Bonchev–Trinajstić information content (AvgIpc) is 2.65. The van der Waals surface area contributed by atoms with Crippen molar-refractivity contribution in [3.63, 3.8) is 0 Å². The number of fused-ring (bicyclic) bond motifs is 1. The molecule has 3 rings (SSSR count). The third-order valence-electron chi connectivity index (χ3n) is 5.35. The molecule has 1 heterocycles. The third-order valence-corrected chi connectivity index (χ3v) is 5.35. The molecule has 2 aromatic rings. The molecule has 1 unspecified atom stereocenters. The first-order valence-corrected chi connectivity index (χ1v) is 9.38. The molecular formula is C21H29N2O2+. The monoisotopic (exact) mass is 341 g/mol. The van der Waals surface area contributed by atoms with Crippen molar-refractivity contribution in [1.29, 1.82) is 0 Å². The van der Waals surface area contributed by atoms with Crippen LogP contribution in [0.2, 0.25) is 0 Å². The largest absolute Gasteiger partial charge is 0.496 e. The van der Waals surface area contributed by atoms with Gasteiger partial charge in [-0.05, 0) is 49.1 Å². The van der Waals surface area contributed by atoms with Gasteiger partial charge in [0.1, 0.15) is 5.75 Å². The minimum Gasteiger partial charge on any atom is -0.496 e. The SMILES string of the molecule is COc1cc2ccccc2cc1C(=O)NCCC[NH+]1CCCC[C@H]1C. The van der Waals surface area contributed by atoms with E-state index in [0.29, 0.717) is 17.9 Å². The lowest BCUT2D eigenvalue weighted by molar-refractivity contribution is -0.928. The average molecular weight is 341 g/mol. The van der Waals surface area contributed by atoms with Crippen LogP contribution in [0.15, 0.2) is 36.4 Å². The van der Waals surface area contributed by atoms with E-state index in [-0.39, 0.29) is 5.91 Å². The van der Waals surface area contributed by atoms with E-state index >= 15 is 0 Å². The van der Waals surface area contributed by atoms with Crippen LogP contribution in [0.3, 0.4) is 0 Å². The van der Waals surface area contributed by atoms with Crippen molar-refractivity contribution >= 4 is 16.7 Å². The van der Waals surface area contributed by atoms with Crippen LogP contribution in [0, 0.1) is 0 Å². The summed E-state index contributed by atoms with van der Waals surface area (Å²) in [6, 6.07) is 12.6. The summed E-state index contributed by atoms with van der Waals surface area (Å²) in [6.45, 7) is 5.46. The summed E-state index contributed by atoms with van der Waals surface area (Å²) < 4.78 is 5.43. The molecule has 0 aliphatic carbocycles. The van der Waals surface area contributed by atoms with Crippen LogP contribution in [0.5, 0.6) is 5.75 Å². The third kappa shape index (κ3) is 4.31. The number of hydrogen-bond acceptors (Lipinski definition) is 2. The smallest absolute Gasteiger partial charge is 0.255 e. The Morgan fingerprint density at radius 2 is 2.00 bits per heavy atom. The van der Waals surface area contributed by atoms with E-state index < -0.39 is 0 Å². The van der Waals surface area contributed by atoms with Crippen molar-refractivity contribution in [1.82, 2.24) is 5.32 Å². The van der Waals surface area contributed by atoms with Gasteiger partial charge in [-0.3, -0.25) is 4.79 Å². The fourth-order valence-corrected chi connectivity index (χ4v) is 3.80. The summed E-state index contributed by atoms with van der Waals surface area (Å²) in [4.78, 5) is 14.3. The first kappa shape index (κ1) is 17.7. The maximum Gasteiger partial charge on any atom is 0.255 e. The molecule has 1 aliphatic rings. The first-order chi connectivity index (χ1) is 12.2. The number of benzene rings is 2. The van der Waals surface area contributed by atoms with Crippen molar-refractivity contribution in [2.75, 3.05) is 26.7 Å². The van der Waals surface area contributed by atoms with Gasteiger partial charge in [-0.2, -0.15) is 0 Å². The highest BCUT2D eigenvalue weighted by atomic mass is 16.5. The number of rotatable bonds is 6. The number of amides is 1. The van der Waals surface area contributed by atoms with Gasteiger partial charge >= 0.3 is 0 Å². The molecule has 25 heavy (non-hydrogen) atoms. The lowest BCUT2D eigenvalue weighted by Gasteiger charge is -2.30. The fourth-order valence-electron chi connectivity index (χ4n) is 3.80. The topological polar surface area (TPSA) is 42.8 Å². The highest BCUT2D eigenvalue weighted by molar-refractivity contribution is 6.01. The first-order valence-electron chi connectivity index (χ1n) is 9.38. The molecular weight excluding hydrogens is 312 g/mol. The number of carbonyl (C=O) groups excluding carboxylic acids is 1. The van der Waals surface area contributed by atoms with Crippen molar-refractivity contribution in [3.8, 4) is 5.75 Å². The number of quaternary nitrogens is 1. The van der Waals surface area contributed by atoms with Gasteiger partial charge in [0.25, 0.3) is 5.91 Å². The molecule has 4 heteroatoms. The Kier molecular flexibility index (Phi) is 5.92. The van der Waals surface area contributed by atoms with Gasteiger partial charge in [-0.1, -0.05) is 24.3 Å². The van der Waals surface area contributed by atoms with Crippen molar-refractivity contribution < 1.29 is 14.4 Å². The van der Waals surface area contributed by atoms with E-state index in [0.717, 1.165) is 29.8 Å². The zero-order chi connectivity index (χ0) is 17.6. The highest BCUT2D eigenvalue weighted by Crippen LogP contribution is 2.25. The second-order valence-corrected chi connectivity index (χ2v) is 7.06. The fraction of sp³-hybridized carbons (Fsp3) is 0.476. The Bertz CT molecular complexity index is 729. The molecule has 0 bridgehead atoms. The van der Waals surface area contributed by atoms with Gasteiger partial charge in [-0.25, -0.2) is 0 Å². The summed E-state index contributed by atoms with van der Waals surface area (Å²) >= 11 is 0. The number of nitrogens with one attached hydrogen (secondary N) is 2. The zero-order valence-electron chi connectivity index (χ0n) is 15.3. The molecule has 1 fully saturated rings. The molecule has 0 aromatic heterocycles. The maximum absolute atomic E-state index is 12.6. The van der Waals surface area contributed by atoms with Gasteiger partial charge in [0, 0.05) is 13.0 Å². The molecule has 1 saturated heterocycles. The molecule has 2 aromatic carbocycles. The quantitative estimate of drug-likeness (QED) is 0.793. The normalized spacial score (nSPS) is 20.4. The predicted molar refractivity (Wildman–Crippen MR) is 101 cm³/mol. The molecule has 0 radical (unpaired) electrons. The maximum atomic E-state index is 12.6. The second-order valence-electron chi connectivity index (χ2n) is 7.06. The van der Waals surface area contributed by atoms with Gasteiger partial charge in [0.15, 0.2) is 0 Å². The van der Waals surface area contributed by atoms with E-state index in [1.54, 1.807) is 12.0 Å². The number of carbonyl (C=O) groups is 1. The van der Waals surface area contributed by atoms with Crippen LogP contribution in [-0.4, -0.2) is 38.7 Å². The number of piperidine rings is 1. The Morgan fingerprint density at radius 3 is 2.72 bits per heavy atom. The molecule has 1 amide bonds. The van der Waals surface area contributed by atoms with Gasteiger partial charge in [0.05, 0.1) is 31.8 Å². The van der Waals surface area contributed by atoms with Crippen LogP contribution >= 0.6 is 0 Å². The molecule has 0 saturated carbocycles. The minimum atomic E-state index is -0.0516. The second kappa shape index (κ2) is 8.34. The van der Waals surface area contributed by atoms with E-state index in [9.17, 15) is 4.79 Å². The van der Waals surface area contributed by atoms with Crippen molar-refractivity contribution in [2.45, 2.75) is 38.6 Å². The van der Waals surface area contributed by atoms with Crippen LogP contribution in [-0.2, 0) is 0 Å². The summed E-state index contributed by atoms with van der Waals surface area (Å²) in [5.41, 5.74) is 0.611. The Labute approximate surface area is 150 Å². The summed E-state index contributed by atoms with van der Waals surface area (Å²) in [7, 11) is 1.61. The lowest BCUT2D eigenvalue weighted by Crippen LogP contribution is -3.16. The van der Waals surface area contributed by atoms with Crippen LogP contribution in [0.1, 0.15) is 43.0 Å². The Balaban J connectivity index is 1.58. The standard InChI is InChI=1S/C21H28N2O2/c1-16-8-5-6-12-23(16)13-7-11-22-21(24)19-14-17-9-3-4-10-18(17)15-20(19)25-2/h3-4,9-10,14-16H,5-8,11-13H2,1-2H3,(H,22,24)/p+1/t16-/m1/s1. The Morgan fingerprint density at radius 1 is 1.24 bits per heavy atom. The highest BCUT2D eigenvalue weighted by Gasteiger charge is 2.21. The van der Waals surface area contributed by atoms with E-state index in [1.807, 2.05) is 36.4 Å². The number of hydrogen-bond donors (Lipinski definition) is 2. The summed E-state index contributed by atoms with van der Waals surface area (Å²) in [6.07, 6.45) is 5.04.